The van der Waals surface area contributed by atoms with Gasteiger partial charge in [-0.1, -0.05) is 30.3 Å². The monoisotopic (exact) mass is 324 g/mol. The molecule has 0 saturated carbocycles. The van der Waals surface area contributed by atoms with Crippen molar-refractivity contribution >= 4 is 10.2 Å². The largest absolute Gasteiger partial charge is 0.297 e. The summed E-state index contributed by atoms with van der Waals surface area (Å²) in [6.07, 6.45) is 1.15. The Balaban J connectivity index is 1.49. The standard InChI is InChI=1S/C15H24N4O2S/c16-22(20,21)19-10-8-18(9-11-19)15-6-7-17(13-15)12-14-4-2-1-3-5-14/h1-5,15H,6-13H2,(H2,16,20,21). The van der Waals surface area contributed by atoms with Gasteiger partial charge in [0, 0.05) is 51.9 Å². The van der Waals surface area contributed by atoms with Crippen LogP contribution in [0.25, 0.3) is 0 Å². The molecule has 2 fully saturated rings. The fourth-order valence-electron chi connectivity index (χ4n) is 3.42. The van der Waals surface area contributed by atoms with Gasteiger partial charge in [-0.15, -0.1) is 0 Å². The van der Waals surface area contributed by atoms with Crippen LogP contribution in [0.3, 0.4) is 0 Å². The van der Waals surface area contributed by atoms with Crippen molar-refractivity contribution in [1.29, 1.82) is 0 Å². The maximum absolute atomic E-state index is 11.3. The Bertz CT molecular complexity index is 585. The lowest BCUT2D eigenvalue weighted by Crippen LogP contribution is -2.53. The third kappa shape index (κ3) is 3.85. The Hall–Kier alpha value is -0.990. The van der Waals surface area contributed by atoms with Crippen LogP contribution in [-0.2, 0) is 16.8 Å². The molecule has 1 unspecified atom stereocenters. The van der Waals surface area contributed by atoms with E-state index in [4.69, 9.17) is 5.14 Å². The average Bonchev–Trinajstić information content (AvgIpc) is 2.96. The van der Waals surface area contributed by atoms with E-state index in [2.05, 4.69) is 34.1 Å². The van der Waals surface area contributed by atoms with E-state index in [1.807, 2.05) is 6.07 Å². The summed E-state index contributed by atoms with van der Waals surface area (Å²) in [4.78, 5) is 4.89. The van der Waals surface area contributed by atoms with Crippen LogP contribution in [0, 0.1) is 0 Å². The molecule has 2 saturated heterocycles. The van der Waals surface area contributed by atoms with Crippen molar-refractivity contribution in [3.8, 4) is 0 Å². The van der Waals surface area contributed by atoms with Gasteiger partial charge in [-0.3, -0.25) is 9.80 Å². The lowest BCUT2D eigenvalue weighted by atomic mass is 10.2. The minimum Gasteiger partial charge on any atom is -0.297 e. The summed E-state index contributed by atoms with van der Waals surface area (Å²) in [6, 6.07) is 11.1. The molecule has 122 valence electrons. The highest BCUT2D eigenvalue weighted by Gasteiger charge is 2.31. The maximum atomic E-state index is 11.3. The molecule has 22 heavy (non-hydrogen) atoms. The first-order valence-corrected chi connectivity index (χ1v) is 9.31. The molecule has 2 aliphatic rings. The van der Waals surface area contributed by atoms with Gasteiger partial charge in [0.05, 0.1) is 0 Å². The zero-order valence-electron chi connectivity index (χ0n) is 12.8. The van der Waals surface area contributed by atoms with Crippen molar-refractivity contribution in [2.45, 2.75) is 19.0 Å². The van der Waals surface area contributed by atoms with Crippen LogP contribution in [0.2, 0.25) is 0 Å². The van der Waals surface area contributed by atoms with Gasteiger partial charge in [0.25, 0.3) is 10.2 Å². The summed E-state index contributed by atoms with van der Waals surface area (Å²) in [5.74, 6) is 0. The second kappa shape index (κ2) is 6.64. The molecule has 1 aromatic carbocycles. The maximum Gasteiger partial charge on any atom is 0.276 e. The van der Waals surface area contributed by atoms with Crippen molar-refractivity contribution < 1.29 is 8.42 Å². The molecule has 1 atom stereocenters. The summed E-state index contributed by atoms with van der Waals surface area (Å²) in [6.45, 7) is 5.73. The molecule has 1 aromatic rings. The lowest BCUT2D eigenvalue weighted by Gasteiger charge is -2.36. The first-order valence-electron chi connectivity index (χ1n) is 7.80. The predicted molar refractivity (Wildman–Crippen MR) is 86.4 cm³/mol. The van der Waals surface area contributed by atoms with Gasteiger partial charge in [-0.2, -0.15) is 12.7 Å². The minimum absolute atomic E-state index is 0.508. The number of piperazine rings is 1. The third-order valence-electron chi connectivity index (χ3n) is 4.65. The number of nitrogens with two attached hydrogens (primary N) is 1. The fourth-order valence-corrected chi connectivity index (χ4v) is 4.09. The molecule has 3 rings (SSSR count). The van der Waals surface area contributed by atoms with E-state index >= 15 is 0 Å². The van der Waals surface area contributed by atoms with Crippen LogP contribution in [0.4, 0.5) is 0 Å². The van der Waals surface area contributed by atoms with Gasteiger partial charge in [-0.05, 0) is 12.0 Å². The Morgan fingerprint density at radius 2 is 1.73 bits per heavy atom. The minimum atomic E-state index is -3.53. The van der Waals surface area contributed by atoms with Gasteiger partial charge in [-0.25, -0.2) is 5.14 Å². The molecule has 2 aliphatic heterocycles. The second-order valence-electron chi connectivity index (χ2n) is 6.14. The van der Waals surface area contributed by atoms with E-state index in [1.165, 1.54) is 9.87 Å². The molecule has 0 aliphatic carbocycles. The summed E-state index contributed by atoms with van der Waals surface area (Å²) in [5, 5.41) is 5.19. The molecule has 7 heteroatoms. The van der Waals surface area contributed by atoms with Crippen molar-refractivity contribution in [2.24, 2.45) is 5.14 Å². The zero-order valence-corrected chi connectivity index (χ0v) is 13.6. The number of rotatable bonds is 4. The number of likely N-dealkylation sites (tertiary alicyclic amines) is 1. The molecule has 0 aromatic heterocycles. The topological polar surface area (TPSA) is 69.9 Å². The molecule has 0 spiro atoms. The first kappa shape index (κ1) is 15.9. The van der Waals surface area contributed by atoms with Crippen LogP contribution in [0.15, 0.2) is 30.3 Å². The van der Waals surface area contributed by atoms with Crippen LogP contribution < -0.4 is 5.14 Å². The van der Waals surface area contributed by atoms with Gasteiger partial charge >= 0.3 is 0 Å². The van der Waals surface area contributed by atoms with Crippen LogP contribution in [0.5, 0.6) is 0 Å². The SMILES string of the molecule is NS(=O)(=O)N1CCN(C2CCN(Cc3ccccc3)C2)CC1. The third-order valence-corrected chi connectivity index (χ3v) is 5.73. The molecule has 2 N–H and O–H groups in total. The average molecular weight is 324 g/mol. The number of nitrogens with zero attached hydrogens (tertiary/aromatic N) is 3. The van der Waals surface area contributed by atoms with Crippen LogP contribution in [0.1, 0.15) is 12.0 Å². The van der Waals surface area contributed by atoms with Gasteiger partial charge in [0.15, 0.2) is 0 Å². The smallest absolute Gasteiger partial charge is 0.276 e. The highest BCUT2D eigenvalue weighted by Crippen LogP contribution is 2.19. The lowest BCUT2D eigenvalue weighted by molar-refractivity contribution is 0.136. The van der Waals surface area contributed by atoms with Crippen molar-refractivity contribution in [3.05, 3.63) is 35.9 Å². The van der Waals surface area contributed by atoms with Crippen molar-refractivity contribution in [3.63, 3.8) is 0 Å². The highest BCUT2D eigenvalue weighted by molar-refractivity contribution is 7.86. The number of hydrogen-bond acceptors (Lipinski definition) is 4. The zero-order chi connectivity index (χ0) is 15.6. The predicted octanol–water partition coefficient (Wildman–Crippen LogP) is 0.0820. The number of hydrogen-bond donors (Lipinski definition) is 1. The molecule has 6 nitrogen and oxygen atoms in total. The highest BCUT2D eigenvalue weighted by atomic mass is 32.2. The van der Waals surface area contributed by atoms with E-state index in [0.717, 1.165) is 39.1 Å². The van der Waals surface area contributed by atoms with E-state index in [1.54, 1.807) is 0 Å². The van der Waals surface area contributed by atoms with Crippen molar-refractivity contribution in [2.75, 3.05) is 39.3 Å². The first-order chi connectivity index (χ1) is 10.5. The summed E-state index contributed by atoms with van der Waals surface area (Å²) in [5.41, 5.74) is 1.35. The fraction of sp³-hybridized carbons (Fsp3) is 0.600. The van der Waals surface area contributed by atoms with E-state index in [0.29, 0.717) is 19.1 Å². The Labute approximate surface area is 132 Å². The van der Waals surface area contributed by atoms with E-state index in [9.17, 15) is 8.42 Å². The molecule has 0 bridgehead atoms. The molecule has 2 heterocycles. The normalized spacial score (nSPS) is 25.6. The Morgan fingerprint density at radius 1 is 1.05 bits per heavy atom. The molecule has 0 amide bonds. The van der Waals surface area contributed by atoms with E-state index in [-0.39, 0.29) is 0 Å². The Morgan fingerprint density at radius 3 is 2.36 bits per heavy atom. The quantitative estimate of drug-likeness (QED) is 0.852. The van der Waals surface area contributed by atoms with Gasteiger partial charge in [0.2, 0.25) is 0 Å². The number of benzene rings is 1. The van der Waals surface area contributed by atoms with E-state index < -0.39 is 10.2 Å². The summed E-state index contributed by atoms with van der Waals surface area (Å²) in [7, 11) is -3.53. The van der Waals surface area contributed by atoms with Crippen LogP contribution >= 0.6 is 0 Å². The van der Waals surface area contributed by atoms with Gasteiger partial charge in [0.1, 0.15) is 0 Å². The second-order valence-corrected chi connectivity index (χ2v) is 7.69. The molecular formula is C15H24N4O2S. The van der Waals surface area contributed by atoms with Gasteiger partial charge < -0.3 is 0 Å². The summed E-state index contributed by atoms with van der Waals surface area (Å²) < 4.78 is 24.1. The van der Waals surface area contributed by atoms with Crippen LogP contribution in [-0.4, -0.2) is 67.8 Å². The summed E-state index contributed by atoms with van der Waals surface area (Å²) >= 11 is 0. The van der Waals surface area contributed by atoms with Crippen molar-refractivity contribution in [1.82, 2.24) is 14.1 Å². The Kier molecular flexibility index (Phi) is 4.79. The molecular weight excluding hydrogens is 300 g/mol. The molecule has 0 radical (unpaired) electrons.